The number of benzene rings is 1. The highest BCUT2D eigenvalue weighted by atomic mass is 16.2. The third kappa shape index (κ3) is 3.79. The highest BCUT2D eigenvalue weighted by molar-refractivity contribution is 5.96. The van der Waals surface area contributed by atoms with Gasteiger partial charge in [0.25, 0.3) is 5.91 Å². The van der Waals surface area contributed by atoms with Gasteiger partial charge < -0.3 is 10.2 Å². The van der Waals surface area contributed by atoms with E-state index in [1.807, 2.05) is 29.3 Å². The van der Waals surface area contributed by atoms with Crippen molar-refractivity contribution in [2.45, 2.75) is 25.3 Å². The number of likely N-dealkylation sites (tertiary alicyclic amines) is 1. The van der Waals surface area contributed by atoms with Crippen molar-refractivity contribution in [3.8, 4) is 0 Å². The molecule has 1 unspecified atom stereocenters. The summed E-state index contributed by atoms with van der Waals surface area (Å²) >= 11 is 0. The fraction of sp³-hybridized carbons (Fsp3) is 0.316. The summed E-state index contributed by atoms with van der Waals surface area (Å²) in [5.74, 6) is -0.272. The van der Waals surface area contributed by atoms with Gasteiger partial charge in [-0.15, -0.1) is 0 Å². The molecule has 0 spiro atoms. The quantitative estimate of drug-likeness (QED) is 0.940. The topological polar surface area (TPSA) is 62.3 Å². The molecule has 124 valence electrons. The van der Waals surface area contributed by atoms with Crippen molar-refractivity contribution < 1.29 is 9.59 Å². The Morgan fingerprint density at radius 3 is 2.71 bits per heavy atom. The molecule has 0 radical (unpaired) electrons. The first-order chi connectivity index (χ1) is 11.8. The number of piperidine rings is 1. The molecular weight excluding hydrogens is 302 g/mol. The van der Waals surface area contributed by atoms with Gasteiger partial charge in [0.2, 0.25) is 5.91 Å². The second kappa shape index (κ2) is 7.73. The van der Waals surface area contributed by atoms with Crippen molar-refractivity contribution in [3.63, 3.8) is 0 Å². The van der Waals surface area contributed by atoms with Crippen LogP contribution < -0.4 is 5.32 Å². The molecule has 1 atom stereocenters. The molecule has 0 aliphatic carbocycles. The predicted molar refractivity (Wildman–Crippen MR) is 91.3 cm³/mol. The third-order valence-electron chi connectivity index (χ3n) is 4.33. The van der Waals surface area contributed by atoms with E-state index in [0.717, 1.165) is 31.4 Å². The van der Waals surface area contributed by atoms with Crippen LogP contribution in [0.3, 0.4) is 0 Å². The summed E-state index contributed by atoms with van der Waals surface area (Å²) in [5, 5.41) is 2.72. The van der Waals surface area contributed by atoms with Crippen LogP contribution in [0.5, 0.6) is 0 Å². The number of amides is 2. The molecule has 1 aromatic carbocycles. The maximum atomic E-state index is 12.6. The Hall–Kier alpha value is -2.69. The van der Waals surface area contributed by atoms with Crippen molar-refractivity contribution in [1.29, 1.82) is 0 Å². The Bertz CT molecular complexity index is 688. The normalized spacial score (nSPS) is 17.3. The minimum absolute atomic E-state index is 0.0183. The maximum Gasteiger partial charge on any atom is 0.251 e. The predicted octanol–water partition coefficient (Wildman–Crippen LogP) is 2.57. The molecule has 1 aliphatic rings. The Balaban J connectivity index is 1.63. The summed E-state index contributed by atoms with van der Waals surface area (Å²) in [6, 6.07) is 12.9. The molecule has 0 saturated carbocycles. The highest BCUT2D eigenvalue weighted by Gasteiger charge is 2.28. The number of pyridine rings is 1. The van der Waals surface area contributed by atoms with Gasteiger partial charge in [-0.1, -0.05) is 24.3 Å². The van der Waals surface area contributed by atoms with Crippen molar-refractivity contribution in [1.82, 2.24) is 15.2 Å². The SMILES string of the molecule is O=C(NCC(=O)N1CCCCC1c1cccnc1)c1ccccc1. The Labute approximate surface area is 141 Å². The van der Waals surface area contributed by atoms with E-state index in [0.29, 0.717) is 5.56 Å². The van der Waals surface area contributed by atoms with Gasteiger partial charge in [0, 0.05) is 24.5 Å². The zero-order chi connectivity index (χ0) is 16.8. The fourth-order valence-electron chi connectivity index (χ4n) is 3.10. The van der Waals surface area contributed by atoms with Crippen LogP contribution in [0.1, 0.15) is 41.2 Å². The van der Waals surface area contributed by atoms with Gasteiger partial charge in [-0.05, 0) is 43.0 Å². The number of aromatic nitrogens is 1. The van der Waals surface area contributed by atoms with Gasteiger partial charge in [0.05, 0.1) is 12.6 Å². The van der Waals surface area contributed by atoms with Gasteiger partial charge in [0.15, 0.2) is 0 Å². The smallest absolute Gasteiger partial charge is 0.251 e. The number of nitrogens with zero attached hydrogens (tertiary/aromatic N) is 2. The molecule has 1 fully saturated rings. The minimum atomic E-state index is -0.223. The minimum Gasteiger partial charge on any atom is -0.343 e. The van der Waals surface area contributed by atoms with Gasteiger partial charge in [-0.25, -0.2) is 0 Å². The second-order valence-electron chi connectivity index (χ2n) is 5.93. The fourth-order valence-corrected chi connectivity index (χ4v) is 3.10. The molecule has 0 bridgehead atoms. The van der Waals surface area contributed by atoms with Crippen LogP contribution in [-0.4, -0.2) is 34.8 Å². The van der Waals surface area contributed by atoms with E-state index in [4.69, 9.17) is 0 Å². The number of carbonyl (C=O) groups is 2. The monoisotopic (exact) mass is 323 g/mol. The molecule has 2 aromatic rings. The van der Waals surface area contributed by atoms with Crippen LogP contribution in [-0.2, 0) is 4.79 Å². The summed E-state index contributed by atoms with van der Waals surface area (Å²) < 4.78 is 0. The van der Waals surface area contributed by atoms with Crippen molar-refractivity contribution >= 4 is 11.8 Å². The number of hydrogen-bond acceptors (Lipinski definition) is 3. The number of rotatable bonds is 4. The van der Waals surface area contributed by atoms with E-state index in [1.165, 1.54) is 0 Å². The molecular formula is C19H21N3O2. The van der Waals surface area contributed by atoms with Gasteiger partial charge in [-0.2, -0.15) is 0 Å². The van der Waals surface area contributed by atoms with Gasteiger partial charge in [0.1, 0.15) is 0 Å². The van der Waals surface area contributed by atoms with E-state index >= 15 is 0 Å². The number of nitrogens with one attached hydrogen (secondary N) is 1. The van der Waals surface area contributed by atoms with E-state index in [-0.39, 0.29) is 24.4 Å². The van der Waals surface area contributed by atoms with E-state index in [1.54, 1.807) is 30.5 Å². The first kappa shape index (κ1) is 16.2. The first-order valence-electron chi connectivity index (χ1n) is 8.28. The third-order valence-corrected chi connectivity index (χ3v) is 4.33. The average molecular weight is 323 g/mol. The molecule has 2 heterocycles. The molecule has 2 amide bonds. The zero-order valence-electron chi connectivity index (χ0n) is 13.5. The molecule has 1 aromatic heterocycles. The lowest BCUT2D eigenvalue weighted by molar-refractivity contribution is -0.133. The zero-order valence-corrected chi connectivity index (χ0v) is 13.5. The lowest BCUT2D eigenvalue weighted by atomic mass is 9.96. The van der Waals surface area contributed by atoms with Crippen molar-refractivity contribution in [3.05, 3.63) is 66.0 Å². The van der Waals surface area contributed by atoms with E-state index in [2.05, 4.69) is 10.3 Å². The summed E-state index contributed by atoms with van der Waals surface area (Å²) in [6.07, 6.45) is 6.58. The Kier molecular flexibility index (Phi) is 5.21. The van der Waals surface area contributed by atoms with Crippen LogP contribution in [0.15, 0.2) is 54.9 Å². The molecule has 5 heteroatoms. The molecule has 1 N–H and O–H groups in total. The molecule has 5 nitrogen and oxygen atoms in total. The van der Waals surface area contributed by atoms with E-state index in [9.17, 15) is 9.59 Å². The van der Waals surface area contributed by atoms with Crippen LogP contribution in [0.2, 0.25) is 0 Å². The molecule has 24 heavy (non-hydrogen) atoms. The summed E-state index contributed by atoms with van der Waals surface area (Å²) in [5.41, 5.74) is 1.62. The lowest BCUT2D eigenvalue weighted by Gasteiger charge is -2.36. The summed E-state index contributed by atoms with van der Waals surface area (Å²) in [4.78, 5) is 30.7. The maximum absolute atomic E-state index is 12.6. The number of carbonyl (C=O) groups excluding carboxylic acids is 2. The van der Waals surface area contributed by atoms with Gasteiger partial charge in [-0.3, -0.25) is 14.6 Å². The Morgan fingerprint density at radius 2 is 1.96 bits per heavy atom. The highest BCUT2D eigenvalue weighted by Crippen LogP contribution is 2.30. The second-order valence-corrected chi connectivity index (χ2v) is 5.93. The summed E-state index contributed by atoms with van der Waals surface area (Å²) in [7, 11) is 0. The molecule has 3 rings (SSSR count). The standard InChI is InChI=1S/C19H21N3O2/c23-18(14-21-19(24)15-7-2-1-3-8-15)22-12-5-4-10-17(22)16-9-6-11-20-13-16/h1-3,6-9,11,13,17H,4-5,10,12,14H2,(H,21,24). The summed E-state index contributed by atoms with van der Waals surface area (Å²) in [6.45, 7) is 0.740. The first-order valence-corrected chi connectivity index (χ1v) is 8.28. The van der Waals surface area contributed by atoms with Crippen molar-refractivity contribution in [2.24, 2.45) is 0 Å². The lowest BCUT2D eigenvalue weighted by Crippen LogP contribution is -2.44. The largest absolute Gasteiger partial charge is 0.343 e. The molecule has 1 saturated heterocycles. The van der Waals surface area contributed by atoms with E-state index < -0.39 is 0 Å². The molecule has 1 aliphatic heterocycles. The van der Waals surface area contributed by atoms with Gasteiger partial charge >= 0.3 is 0 Å². The number of hydrogen-bond donors (Lipinski definition) is 1. The van der Waals surface area contributed by atoms with Crippen LogP contribution >= 0.6 is 0 Å². The van der Waals surface area contributed by atoms with Crippen LogP contribution in [0.4, 0.5) is 0 Å². The average Bonchev–Trinajstić information content (AvgIpc) is 2.67. The van der Waals surface area contributed by atoms with Crippen LogP contribution in [0.25, 0.3) is 0 Å². The Morgan fingerprint density at radius 1 is 1.12 bits per heavy atom. The van der Waals surface area contributed by atoms with Crippen LogP contribution in [0, 0.1) is 0 Å². The van der Waals surface area contributed by atoms with Crippen molar-refractivity contribution in [2.75, 3.05) is 13.1 Å².